The molecule has 3 rings (SSSR count). The fourth-order valence-corrected chi connectivity index (χ4v) is 3.05. The van der Waals surface area contributed by atoms with Crippen molar-refractivity contribution in [1.29, 1.82) is 0 Å². The maximum absolute atomic E-state index is 12.8. The molecule has 0 unspecified atom stereocenters. The molecule has 1 saturated heterocycles. The standard InChI is InChI=1S/C19H24N4O/c1-15-10-17(12-18(11-15)23-8-6-20-7-9-23)19(24)22(2)14-16-4-3-5-21-13-16/h3-5,10-13,20H,6-9,14H2,1-2H3. The number of aryl methyl sites for hydroxylation is 1. The lowest BCUT2D eigenvalue weighted by Crippen LogP contribution is -2.43. The van der Waals surface area contributed by atoms with Gasteiger partial charge in [-0.3, -0.25) is 9.78 Å². The van der Waals surface area contributed by atoms with Gasteiger partial charge in [-0.2, -0.15) is 0 Å². The van der Waals surface area contributed by atoms with Gasteiger partial charge in [-0.25, -0.2) is 0 Å². The lowest BCUT2D eigenvalue weighted by molar-refractivity contribution is 0.0785. The fraction of sp³-hybridized carbons (Fsp3) is 0.368. The predicted octanol–water partition coefficient (Wildman–Crippen LogP) is 2.07. The van der Waals surface area contributed by atoms with E-state index in [-0.39, 0.29) is 5.91 Å². The van der Waals surface area contributed by atoms with Gasteiger partial charge in [0.1, 0.15) is 0 Å². The zero-order chi connectivity index (χ0) is 16.9. The Morgan fingerprint density at radius 3 is 2.79 bits per heavy atom. The smallest absolute Gasteiger partial charge is 0.253 e. The summed E-state index contributed by atoms with van der Waals surface area (Å²) < 4.78 is 0. The highest BCUT2D eigenvalue weighted by Gasteiger charge is 2.16. The molecule has 1 aromatic carbocycles. The Morgan fingerprint density at radius 1 is 1.29 bits per heavy atom. The van der Waals surface area contributed by atoms with Crippen molar-refractivity contribution in [2.75, 3.05) is 38.1 Å². The quantitative estimate of drug-likeness (QED) is 0.935. The van der Waals surface area contributed by atoms with Crippen LogP contribution in [0.5, 0.6) is 0 Å². The van der Waals surface area contributed by atoms with Gasteiger partial charge in [-0.1, -0.05) is 6.07 Å². The summed E-state index contributed by atoms with van der Waals surface area (Å²) in [5.74, 6) is 0.0407. The highest BCUT2D eigenvalue weighted by molar-refractivity contribution is 5.95. The van der Waals surface area contributed by atoms with Gasteiger partial charge in [0.05, 0.1) is 0 Å². The van der Waals surface area contributed by atoms with Crippen molar-refractivity contribution in [3.05, 3.63) is 59.4 Å². The number of nitrogens with one attached hydrogen (secondary N) is 1. The Bertz CT molecular complexity index is 696. The van der Waals surface area contributed by atoms with Gasteiger partial charge in [0, 0.05) is 63.4 Å². The second-order valence-electron chi connectivity index (χ2n) is 6.32. The number of pyridine rings is 1. The maximum Gasteiger partial charge on any atom is 0.253 e. The second kappa shape index (κ2) is 7.45. The van der Waals surface area contributed by atoms with E-state index < -0.39 is 0 Å². The topological polar surface area (TPSA) is 48.5 Å². The summed E-state index contributed by atoms with van der Waals surface area (Å²) in [6, 6.07) is 10.0. The van der Waals surface area contributed by atoms with E-state index in [4.69, 9.17) is 0 Å². The van der Waals surface area contributed by atoms with Crippen molar-refractivity contribution < 1.29 is 4.79 Å². The molecule has 2 heterocycles. The van der Waals surface area contributed by atoms with Gasteiger partial charge in [0.15, 0.2) is 0 Å². The first-order valence-electron chi connectivity index (χ1n) is 8.35. The monoisotopic (exact) mass is 324 g/mol. The van der Waals surface area contributed by atoms with Crippen molar-refractivity contribution in [2.24, 2.45) is 0 Å². The van der Waals surface area contributed by atoms with Gasteiger partial charge < -0.3 is 15.1 Å². The molecule has 0 aliphatic carbocycles. The molecule has 0 spiro atoms. The zero-order valence-corrected chi connectivity index (χ0v) is 14.3. The van der Waals surface area contributed by atoms with Gasteiger partial charge in [-0.05, 0) is 42.3 Å². The molecule has 24 heavy (non-hydrogen) atoms. The van der Waals surface area contributed by atoms with Crippen LogP contribution in [0.25, 0.3) is 0 Å². The molecule has 2 aromatic rings. The van der Waals surface area contributed by atoms with E-state index in [9.17, 15) is 4.79 Å². The van der Waals surface area contributed by atoms with Gasteiger partial charge in [0.2, 0.25) is 0 Å². The third-order valence-electron chi connectivity index (χ3n) is 4.28. The molecule has 0 bridgehead atoms. The molecule has 1 aliphatic heterocycles. The number of carbonyl (C=O) groups is 1. The summed E-state index contributed by atoms with van der Waals surface area (Å²) in [6.45, 7) is 6.52. The Kier molecular flexibility index (Phi) is 5.11. The zero-order valence-electron chi connectivity index (χ0n) is 14.3. The number of anilines is 1. The van der Waals surface area contributed by atoms with E-state index in [1.54, 1.807) is 17.3 Å². The first-order valence-corrected chi connectivity index (χ1v) is 8.35. The molecule has 5 heteroatoms. The van der Waals surface area contributed by atoms with Crippen LogP contribution in [0.3, 0.4) is 0 Å². The molecule has 5 nitrogen and oxygen atoms in total. The van der Waals surface area contributed by atoms with Crippen molar-refractivity contribution in [1.82, 2.24) is 15.2 Å². The summed E-state index contributed by atoms with van der Waals surface area (Å²) in [7, 11) is 1.84. The fourth-order valence-electron chi connectivity index (χ4n) is 3.05. The van der Waals surface area contributed by atoms with Crippen molar-refractivity contribution in [3.63, 3.8) is 0 Å². The van der Waals surface area contributed by atoms with Crippen LogP contribution in [0.15, 0.2) is 42.7 Å². The average molecular weight is 324 g/mol. The number of hydrogen-bond acceptors (Lipinski definition) is 4. The molecule has 1 amide bonds. The number of hydrogen-bond donors (Lipinski definition) is 1. The lowest BCUT2D eigenvalue weighted by atomic mass is 10.1. The highest BCUT2D eigenvalue weighted by atomic mass is 16.2. The Hall–Kier alpha value is -2.40. The van der Waals surface area contributed by atoms with Gasteiger partial charge >= 0.3 is 0 Å². The number of rotatable bonds is 4. The van der Waals surface area contributed by atoms with Gasteiger partial charge in [-0.15, -0.1) is 0 Å². The van der Waals surface area contributed by atoms with Crippen LogP contribution < -0.4 is 10.2 Å². The van der Waals surface area contributed by atoms with Crippen molar-refractivity contribution in [3.8, 4) is 0 Å². The highest BCUT2D eigenvalue weighted by Crippen LogP contribution is 2.21. The first-order chi connectivity index (χ1) is 11.6. The third-order valence-corrected chi connectivity index (χ3v) is 4.28. The Morgan fingerprint density at radius 2 is 2.08 bits per heavy atom. The van der Waals surface area contributed by atoms with Gasteiger partial charge in [0.25, 0.3) is 5.91 Å². The van der Waals surface area contributed by atoms with E-state index in [2.05, 4.69) is 21.3 Å². The third kappa shape index (κ3) is 3.92. The summed E-state index contributed by atoms with van der Waals surface area (Å²) >= 11 is 0. The molecule has 1 aliphatic rings. The number of amides is 1. The lowest BCUT2D eigenvalue weighted by Gasteiger charge is -2.30. The summed E-state index contributed by atoms with van der Waals surface area (Å²) in [5, 5.41) is 3.36. The summed E-state index contributed by atoms with van der Waals surface area (Å²) in [4.78, 5) is 21.0. The minimum atomic E-state index is 0.0407. The largest absolute Gasteiger partial charge is 0.369 e. The minimum Gasteiger partial charge on any atom is -0.369 e. The second-order valence-corrected chi connectivity index (χ2v) is 6.32. The van der Waals surface area contributed by atoms with Crippen LogP contribution in [-0.4, -0.2) is 49.0 Å². The Balaban J connectivity index is 1.77. The van der Waals surface area contributed by atoms with E-state index in [0.29, 0.717) is 6.54 Å². The van der Waals surface area contributed by atoms with Crippen LogP contribution in [0.2, 0.25) is 0 Å². The number of aromatic nitrogens is 1. The molecule has 1 aromatic heterocycles. The Labute approximate surface area is 143 Å². The summed E-state index contributed by atoms with van der Waals surface area (Å²) in [6.07, 6.45) is 3.54. The number of nitrogens with zero attached hydrogens (tertiary/aromatic N) is 3. The van der Waals surface area contributed by atoms with Crippen molar-refractivity contribution >= 4 is 11.6 Å². The molecule has 0 saturated carbocycles. The van der Waals surface area contributed by atoms with Crippen LogP contribution in [-0.2, 0) is 6.54 Å². The molecule has 0 atom stereocenters. The average Bonchev–Trinajstić information content (AvgIpc) is 2.62. The SMILES string of the molecule is Cc1cc(C(=O)N(C)Cc2cccnc2)cc(N2CCNCC2)c1. The van der Waals surface area contributed by atoms with E-state index >= 15 is 0 Å². The van der Waals surface area contributed by atoms with Crippen molar-refractivity contribution in [2.45, 2.75) is 13.5 Å². The van der Waals surface area contributed by atoms with Crippen LogP contribution in [0.4, 0.5) is 5.69 Å². The molecular weight excluding hydrogens is 300 g/mol. The predicted molar refractivity (Wildman–Crippen MR) is 96.3 cm³/mol. The molecule has 126 valence electrons. The normalized spacial score (nSPS) is 14.5. The molecule has 0 radical (unpaired) electrons. The van der Waals surface area contributed by atoms with E-state index in [1.165, 1.54) is 0 Å². The van der Waals surface area contributed by atoms with Crippen LogP contribution in [0, 0.1) is 6.92 Å². The maximum atomic E-state index is 12.8. The minimum absolute atomic E-state index is 0.0407. The first kappa shape index (κ1) is 16.5. The van der Waals surface area contributed by atoms with E-state index in [0.717, 1.165) is 48.6 Å². The molecular formula is C19H24N4O. The van der Waals surface area contributed by atoms with E-state index in [1.807, 2.05) is 38.2 Å². The molecule has 1 fully saturated rings. The summed E-state index contributed by atoms with van der Waals surface area (Å²) in [5.41, 5.74) is 4.03. The van der Waals surface area contributed by atoms with Crippen LogP contribution >= 0.6 is 0 Å². The number of benzene rings is 1. The molecule has 1 N–H and O–H groups in total. The van der Waals surface area contributed by atoms with Crippen LogP contribution in [0.1, 0.15) is 21.5 Å². The number of piperazine rings is 1. The number of carbonyl (C=O) groups excluding carboxylic acids is 1.